The number of benzene rings is 1. The van der Waals surface area contributed by atoms with Crippen LogP contribution in [0.15, 0.2) is 24.3 Å². The standard InChI is InChI=1S/C11H16N4/c1-8-11(15(2)7-13-12)9-5-3-4-6-10(9)14-8/h3-6,13-14H,7,12H2,1-2H3. The molecule has 0 aliphatic heterocycles. The van der Waals surface area contributed by atoms with Crippen LogP contribution >= 0.6 is 0 Å². The van der Waals surface area contributed by atoms with E-state index in [0.29, 0.717) is 6.67 Å². The molecule has 4 N–H and O–H groups in total. The molecule has 80 valence electrons. The molecule has 0 fully saturated rings. The molecule has 0 spiro atoms. The third-order valence-corrected chi connectivity index (χ3v) is 2.57. The summed E-state index contributed by atoms with van der Waals surface area (Å²) in [5, 5.41) is 1.23. The molecule has 0 amide bonds. The van der Waals surface area contributed by atoms with Crippen molar-refractivity contribution in [1.29, 1.82) is 0 Å². The van der Waals surface area contributed by atoms with E-state index in [1.165, 1.54) is 11.1 Å². The van der Waals surface area contributed by atoms with E-state index < -0.39 is 0 Å². The summed E-state index contributed by atoms with van der Waals surface area (Å²) in [4.78, 5) is 5.45. The van der Waals surface area contributed by atoms with Gasteiger partial charge in [0.05, 0.1) is 12.4 Å². The second kappa shape index (κ2) is 3.92. The number of nitrogens with two attached hydrogens (primary N) is 1. The Morgan fingerprint density at radius 3 is 2.87 bits per heavy atom. The van der Waals surface area contributed by atoms with Gasteiger partial charge in [0, 0.05) is 23.6 Å². The smallest absolute Gasteiger partial charge is 0.0805 e. The number of rotatable bonds is 3. The van der Waals surface area contributed by atoms with Gasteiger partial charge < -0.3 is 9.88 Å². The zero-order valence-corrected chi connectivity index (χ0v) is 9.04. The first kappa shape index (κ1) is 10.0. The molecule has 0 saturated carbocycles. The number of H-pyrrole nitrogens is 1. The molecule has 2 rings (SSSR count). The highest BCUT2D eigenvalue weighted by Crippen LogP contribution is 2.29. The number of aromatic amines is 1. The minimum Gasteiger partial charge on any atom is -0.359 e. The zero-order chi connectivity index (χ0) is 10.8. The van der Waals surface area contributed by atoms with Crippen LogP contribution in [0.5, 0.6) is 0 Å². The summed E-state index contributed by atoms with van der Waals surface area (Å²) in [7, 11) is 2.02. The number of hydrazine groups is 1. The van der Waals surface area contributed by atoms with Crippen molar-refractivity contribution in [3.8, 4) is 0 Å². The van der Waals surface area contributed by atoms with Crippen LogP contribution in [0.25, 0.3) is 10.9 Å². The Morgan fingerprint density at radius 1 is 1.40 bits per heavy atom. The van der Waals surface area contributed by atoms with E-state index in [2.05, 4.69) is 34.4 Å². The summed E-state index contributed by atoms with van der Waals surface area (Å²) < 4.78 is 0. The Hall–Kier alpha value is -1.52. The molecule has 0 atom stereocenters. The predicted octanol–water partition coefficient (Wildman–Crippen LogP) is 1.33. The molecule has 1 heterocycles. The lowest BCUT2D eigenvalue weighted by atomic mass is 10.2. The fourth-order valence-corrected chi connectivity index (χ4v) is 1.97. The SMILES string of the molecule is Cc1[nH]c2ccccc2c1N(C)CNN. The van der Waals surface area contributed by atoms with Crippen molar-refractivity contribution in [1.82, 2.24) is 10.4 Å². The van der Waals surface area contributed by atoms with Crippen LogP contribution in [-0.2, 0) is 0 Å². The van der Waals surface area contributed by atoms with Gasteiger partial charge in [-0.3, -0.25) is 5.84 Å². The van der Waals surface area contributed by atoms with Crippen LogP contribution in [0.3, 0.4) is 0 Å². The van der Waals surface area contributed by atoms with E-state index >= 15 is 0 Å². The molecule has 1 aromatic heterocycles. The van der Waals surface area contributed by atoms with E-state index in [0.717, 1.165) is 11.2 Å². The number of anilines is 1. The number of aryl methyl sites for hydroxylation is 1. The van der Waals surface area contributed by atoms with Crippen LogP contribution < -0.4 is 16.2 Å². The minimum absolute atomic E-state index is 0.628. The van der Waals surface area contributed by atoms with Crippen molar-refractivity contribution in [3.63, 3.8) is 0 Å². The largest absolute Gasteiger partial charge is 0.359 e. The van der Waals surface area contributed by atoms with Crippen molar-refractivity contribution in [2.45, 2.75) is 6.92 Å². The number of para-hydroxylation sites is 1. The average molecular weight is 204 g/mol. The van der Waals surface area contributed by atoms with Crippen LogP contribution in [0, 0.1) is 6.92 Å². The minimum atomic E-state index is 0.628. The Balaban J connectivity index is 2.53. The first-order valence-electron chi connectivity index (χ1n) is 4.96. The highest BCUT2D eigenvalue weighted by atomic mass is 15.3. The summed E-state index contributed by atoms with van der Waals surface area (Å²) in [5.41, 5.74) is 6.18. The number of hydrogen-bond donors (Lipinski definition) is 3. The molecule has 0 radical (unpaired) electrons. The van der Waals surface area contributed by atoms with Crippen molar-refractivity contribution in [2.24, 2.45) is 5.84 Å². The molecule has 0 saturated heterocycles. The van der Waals surface area contributed by atoms with E-state index in [-0.39, 0.29) is 0 Å². The normalized spacial score (nSPS) is 10.9. The Kier molecular flexibility index (Phi) is 2.62. The second-order valence-corrected chi connectivity index (χ2v) is 3.70. The summed E-state index contributed by atoms with van der Waals surface area (Å²) in [6, 6.07) is 8.27. The Bertz CT molecular complexity index is 461. The van der Waals surface area contributed by atoms with Gasteiger partial charge in [-0.1, -0.05) is 18.2 Å². The lowest BCUT2D eigenvalue weighted by Crippen LogP contribution is -2.35. The van der Waals surface area contributed by atoms with Gasteiger partial charge in [0.1, 0.15) is 0 Å². The topological polar surface area (TPSA) is 57.1 Å². The van der Waals surface area contributed by atoms with Gasteiger partial charge >= 0.3 is 0 Å². The first-order chi connectivity index (χ1) is 7.24. The fourth-order valence-electron chi connectivity index (χ4n) is 1.97. The highest BCUT2D eigenvalue weighted by Gasteiger charge is 2.10. The third kappa shape index (κ3) is 1.69. The predicted molar refractivity (Wildman–Crippen MR) is 63.6 cm³/mol. The molecule has 0 unspecified atom stereocenters. The molecule has 4 nitrogen and oxygen atoms in total. The lowest BCUT2D eigenvalue weighted by molar-refractivity contribution is 0.718. The molecule has 0 bridgehead atoms. The summed E-state index contributed by atoms with van der Waals surface area (Å²) in [5.74, 6) is 5.33. The monoisotopic (exact) mass is 204 g/mol. The van der Waals surface area contributed by atoms with Crippen LogP contribution in [0.4, 0.5) is 5.69 Å². The van der Waals surface area contributed by atoms with Crippen molar-refractivity contribution in [2.75, 3.05) is 18.6 Å². The van der Waals surface area contributed by atoms with Crippen molar-refractivity contribution < 1.29 is 0 Å². The molecular weight excluding hydrogens is 188 g/mol. The molecule has 1 aromatic carbocycles. The van der Waals surface area contributed by atoms with E-state index in [1.807, 2.05) is 19.2 Å². The third-order valence-electron chi connectivity index (χ3n) is 2.57. The van der Waals surface area contributed by atoms with Gasteiger partial charge in [-0.05, 0) is 13.0 Å². The molecule has 2 aromatic rings. The van der Waals surface area contributed by atoms with Crippen LogP contribution in [-0.4, -0.2) is 18.7 Å². The molecular formula is C11H16N4. The molecule has 15 heavy (non-hydrogen) atoms. The quantitative estimate of drug-likeness (QED) is 0.401. The van der Waals surface area contributed by atoms with Gasteiger partial charge in [0.15, 0.2) is 0 Å². The number of hydrogen-bond acceptors (Lipinski definition) is 3. The van der Waals surface area contributed by atoms with Gasteiger partial charge in [-0.25, -0.2) is 5.43 Å². The fraction of sp³-hybridized carbons (Fsp3) is 0.273. The molecule has 0 aliphatic rings. The van der Waals surface area contributed by atoms with Crippen molar-refractivity contribution in [3.05, 3.63) is 30.0 Å². The Morgan fingerprint density at radius 2 is 2.13 bits per heavy atom. The van der Waals surface area contributed by atoms with Crippen molar-refractivity contribution >= 4 is 16.6 Å². The maximum Gasteiger partial charge on any atom is 0.0805 e. The average Bonchev–Trinajstić information content (AvgIpc) is 2.54. The van der Waals surface area contributed by atoms with Gasteiger partial charge in [0.25, 0.3) is 0 Å². The van der Waals surface area contributed by atoms with Gasteiger partial charge in [0.2, 0.25) is 0 Å². The van der Waals surface area contributed by atoms with E-state index in [9.17, 15) is 0 Å². The van der Waals surface area contributed by atoms with Crippen LogP contribution in [0.2, 0.25) is 0 Å². The summed E-state index contributed by atoms with van der Waals surface area (Å²) in [6.45, 7) is 2.70. The highest BCUT2D eigenvalue weighted by molar-refractivity contribution is 5.94. The van der Waals surface area contributed by atoms with E-state index in [4.69, 9.17) is 5.84 Å². The number of nitrogens with one attached hydrogen (secondary N) is 2. The lowest BCUT2D eigenvalue weighted by Gasteiger charge is -2.18. The number of aromatic nitrogens is 1. The first-order valence-corrected chi connectivity index (χ1v) is 4.96. The maximum atomic E-state index is 5.33. The van der Waals surface area contributed by atoms with Gasteiger partial charge in [-0.2, -0.15) is 0 Å². The Labute approximate surface area is 89.0 Å². The van der Waals surface area contributed by atoms with Crippen LogP contribution in [0.1, 0.15) is 5.69 Å². The maximum absolute atomic E-state index is 5.33. The molecule has 0 aliphatic carbocycles. The number of nitrogens with zero attached hydrogens (tertiary/aromatic N) is 1. The van der Waals surface area contributed by atoms with Gasteiger partial charge in [-0.15, -0.1) is 0 Å². The molecule has 4 heteroatoms. The summed E-state index contributed by atoms with van der Waals surface area (Å²) in [6.07, 6.45) is 0. The summed E-state index contributed by atoms with van der Waals surface area (Å²) >= 11 is 0. The zero-order valence-electron chi connectivity index (χ0n) is 9.04. The number of fused-ring (bicyclic) bond motifs is 1. The second-order valence-electron chi connectivity index (χ2n) is 3.70. The van der Waals surface area contributed by atoms with E-state index in [1.54, 1.807) is 0 Å².